The summed E-state index contributed by atoms with van der Waals surface area (Å²) in [6.07, 6.45) is 4.43. The summed E-state index contributed by atoms with van der Waals surface area (Å²) < 4.78 is 0. The van der Waals surface area contributed by atoms with Gasteiger partial charge in [0.1, 0.15) is 5.82 Å². The Balaban J connectivity index is 1.50. The molecule has 7 heteroatoms. The first kappa shape index (κ1) is 18.8. The van der Waals surface area contributed by atoms with Crippen LogP contribution in [0.15, 0.2) is 41.5 Å². The zero-order chi connectivity index (χ0) is 18.4. The van der Waals surface area contributed by atoms with Gasteiger partial charge in [0.25, 0.3) is 0 Å². The molecule has 0 unspecified atom stereocenters. The molecule has 0 spiro atoms. The topological polar surface area (TPSA) is 52.6 Å². The Kier molecular flexibility index (Phi) is 6.58. The Labute approximate surface area is 164 Å². The highest BCUT2D eigenvalue weighted by molar-refractivity contribution is 6.35. The molecule has 26 heavy (non-hydrogen) atoms. The van der Waals surface area contributed by atoms with Crippen LogP contribution in [0.3, 0.4) is 0 Å². The maximum atomic E-state index is 6.20. The molecule has 1 aliphatic rings. The van der Waals surface area contributed by atoms with Gasteiger partial charge in [-0.2, -0.15) is 0 Å². The lowest BCUT2D eigenvalue weighted by molar-refractivity contribution is 0.806. The van der Waals surface area contributed by atoms with E-state index >= 15 is 0 Å². The summed E-state index contributed by atoms with van der Waals surface area (Å²) in [7, 11) is 1.74. The van der Waals surface area contributed by atoms with Crippen molar-refractivity contribution in [3.63, 3.8) is 0 Å². The van der Waals surface area contributed by atoms with E-state index in [2.05, 4.69) is 37.6 Å². The fourth-order valence-corrected chi connectivity index (χ4v) is 3.38. The molecule has 2 aromatic rings. The van der Waals surface area contributed by atoms with Crippen molar-refractivity contribution >= 4 is 35.0 Å². The van der Waals surface area contributed by atoms with Crippen LogP contribution in [0.2, 0.25) is 10.0 Å². The van der Waals surface area contributed by atoms with Gasteiger partial charge in [-0.15, -0.1) is 0 Å². The molecule has 1 fully saturated rings. The van der Waals surface area contributed by atoms with E-state index in [4.69, 9.17) is 23.2 Å². The Hall–Kier alpha value is -1.98. The van der Waals surface area contributed by atoms with Crippen molar-refractivity contribution in [1.82, 2.24) is 15.6 Å². The van der Waals surface area contributed by atoms with Crippen LogP contribution in [0.1, 0.15) is 24.0 Å². The molecule has 0 aliphatic carbocycles. The summed E-state index contributed by atoms with van der Waals surface area (Å²) in [6.45, 7) is 3.44. The summed E-state index contributed by atoms with van der Waals surface area (Å²) in [5.74, 6) is 1.77. The minimum atomic E-state index is 0.571. The highest BCUT2D eigenvalue weighted by Crippen LogP contribution is 2.20. The van der Waals surface area contributed by atoms with Gasteiger partial charge in [0.2, 0.25) is 0 Å². The highest BCUT2D eigenvalue weighted by atomic mass is 35.5. The lowest BCUT2D eigenvalue weighted by Gasteiger charge is -2.17. The minimum Gasteiger partial charge on any atom is -0.357 e. The van der Waals surface area contributed by atoms with E-state index in [-0.39, 0.29) is 0 Å². The van der Waals surface area contributed by atoms with Crippen molar-refractivity contribution in [2.75, 3.05) is 25.0 Å². The Morgan fingerprint density at radius 2 is 1.88 bits per heavy atom. The molecule has 1 saturated heterocycles. The number of pyridine rings is 1. The quantitative estimate of drug-likeness (QED) is 0.600. The number of hydrogen-bond acceptors (Lipinski definition) is 3. The number of benzene rings is 1. The minimum absolute atomic E-state index is 0.571. The second kappa shape index (κ2) is 9.10. The number of rotatable bonds is 5. The normalized spacial score (nSPS) is 14.6. The average Bonchev–Trinajstić information content (AvgIpc) is 3.18. The maximum absolute atomic E-state index is 6.20. The molecule has 1 aromatic carbocycles. The molecule has 0 saturated carbocycles. The van der Waals surface area contributed by atoms with Crippen LogP contribution in [-0.2, 0) is 13.1 Å². The van der Waals surface area contributed by atoms with Crippen molar-refractivity contribution in [3.8, 4) is 0 Å². The predicted molar refractivity (Wildman–Crippen MR) is 109 cm³/mol. The van der Waals surface area contributed by atoms with Crippen LogP contribution in [0.4, 0.5) is 5.82 Å². The summed E-state index contributed by atoms with van der Waals surface area (Å²) in [5, 5.41) is 7.82. The van der Waals surface area contributed by atoms with Crippen LogP contribution in [-0.4, -0.2) is 31.1 Å². The third-order valence-corrected chi connectivity index (χ3v) is 4.97. The monoisotopic (exact) mass is 391 g/mol. The van der Waals surface area contributed by atoms with Crippen LogP contribution in [0.5, 0.6) is 0 Å². The number of nitrogens with zero attached hydrogens (tertiary/aromatic N) is 3. The van der Waals surface area contributed by atoms with Crippen LogP contribution < -0.4 is 15.5 Å². The van der Waals surface area contributed by atoms with E-state index in [1.54, 1.807) is 13.1 Å². The van der Waals surface area contributed by atoms with E-state index in [1.807, 2.05) is 18.3 Å². The molecule has 0 atom stereocenters. The molecule has 138 valence electrons. The number of aliphatic imine (C=N–C) groups is 1. The lowest BCUT2D eigenvalue weighted by Crippen LogP contribution is -2.36. The Morgan fingerprint density at radius 1 is 1.12 bits per heavy atom. The van der Waals surface area contributed by atoms with E-state index in [9.17, 15) is 0 Å². The first-order valence-corrected chi connectivity index (χ1v) is 9.49. The number of halogens is 2. The van der Waals surface area contributed by atoms with E-state index in [0.29, 0.717) is 29.1 Å². The summed E-state index contributed by atoms with van der Waals surface area (Å²) in [4.78, 5) is 11.1. The molecule has 5 nitrogen and oxygen atoms in total. The Morgan fingerprint density at radius 3 is 2.54 bits per heavy atom. The van der Waals surface area contributed by atoms with Crippen molar-refractivity contribution in [1.29, 1.82) is 0 Å². The van der Waals surface area contributed by atoms with Gasteiger partial charge < -0.3 is 15.5 Å². The second-order valence-electron chi connectivity index (χ2n) is 6.23. The largest absolute Gasteiger partial charge is 0.357 e. The van der Waals surface area contributed by atoms with Crippen molar-refractivity contribution in [2.45, 2.75) is 25.9 Å². The van der Waals surface area contributed by atoms with Gasteiger partial charge in [-0.1, -0.05) is 35.3 Å². The summed E-state index contributed by atoms with van der Waals surface area (Å²) in [5.41, 5.74) is 2.08. The van der Waals surface area contributed by atoms with Gasteiger partial charge in [-0.3, -0.25) is 4.99 Å². The van der Waals surface area contributed by atoms with Gasteiger partial charge in [0.05, 0.1) is 0 Å². The van der Waals surface area contributed by atoms with E-state index < -0.39 is 0 Å². The molecule has 0 amide bonds. The molecule has 0 radical (unpaired) electrons. The van der Waals surface area contributed by atoms with Crippen LogP contribution in [0.25, 0.3) is 0 Å². The van der Waals surface area contributed by atoms with Gasteiger partial charge in [0, 0.05) is 49.5 Å². The molecular weight excluding hydrogens is 369 g/mol. The van der Waals surface area contributed by atoms with Gasteiger partial charge >= 0.3 is 0 Å². The smallest absolute Gasteiger partial charge is 0.191 e. The number of guanidine groups is 1. The number of aromatic nitrogens is 1. The number of anilines is 1. The number of hydrogen-bond donors (Lipinski definition) is 2. The lowest BCUT2D eigenvalue weighted by atomic mass is 10.2. The standard InChI is InChI=1S/C19H23Cl2N5/c1-22-19(25-13-15-5-6-16(20)10-17(15)21)24-12-14-4-7-18(23-11-14)26-8-2-3-9-26/h4-7,10-11H,2-3,8-9,12-13H2,1H3,(H2,22,24,25). The molecule has 1 aromatic heterocycles. The summed E-state index contributed by atoms with van der Waals surface area (Å²) in [6, 6.07) is 9.67. The van der Waals surface area contributed by atoms with Crippen LogP contribution >= 0.6 is 23.2 Å². The zero-order valence-corrected chi connectivity index (χ0v) is 16.3. The first-order chi connectivity index (χ1) is 12.7. The fraction of sp³-hybridized carbons (Fsp3) is 0.368. The first-order valence-electron chi connectivity index (χ1n) is 8.74. The zero-order valence-electron chi connectivity index (χ0n) is 14.8. The van der Waals surface area contributed by atoms with Crippen molar-refractivity contribution < 1.29 is 0 Å². The van der Waals surface area contributed by atoms with Crippen molar-refractivity contribution in [2.24, 2.45) is 4.99 Å². The third-order valence-electron chi connectivity index (χ3n) is 4.38. The van der Waals surface area contributed by atoms with Crippen molar-refractivity contribution in [3.05, 3.63) is 57.7 Å². The second-order valence-corrected chi connectivity index (χ2v) is 7.08. The molecule has 0 bridgehead atoms. The molecule has 1 aliphatic heterocycles. The van der Waals surface area contributed by atoms with E-state index in [0.717, 1.165) is 30.0 Å². The maximum Gasteiger partial charge on any atom is 0.191 e. The molecule has 2 heterocycles. The SMILES string of the molecule is CN=C(NCc1ccc(N2CCCC2)nc1)NCc1ccc(Cl)cc1Cl. The highest BCUT2D eigenvalue weighted by Gasteiger charge is 2.13. The molecular formula is C19H23Cl2N5. The van der Waals surface area contributed by atoms with Gasteiger partial charge in [-0.05, 0) is 42.2 Å². The molecule has 2 N–H and O–H groups in total. The van der Waals surface area contributed by atoms with E-state index in [1.165, 1.54) is 12.8 Å². The van der Waals surface area contributed by atoms with Crippen LogP contribution in [0, 0.1) is 0 Å². The van der Waals surface area contributed by atoms with Gasteiger partial charge in [0.15, 0.2) is 5.96 Å². The Bertz CT molecular complexity index is 755. The molecule has 3 rings (SSSR count). The average molecular weight is 392 g/mol. The fourth-order valence-electron chi connectivity index (χ4n) is 2.90. The predicted octanol–water partition coefficient (Wildman–Crippen LogP) is 3.85. The third kappa shape index (κ3) is 5.02. The summed E-state index contributed by atoms with van der Waals surface area (Å²) >= 11 is 12.1. The number of nitrogens with one attached hydrogen (secondary N) is 2. The van der Waals surface area contributed by atoms with Gasteiger partial charge in [-0.25, -0.2) is 4.98 Å².